The van der Waals surface area contributed by atoms with Crippen LogP contribution >= 0.6 is 0 Å². The standard InChI is InChI=1S/C20H13FN2O4S/c21-28(26,27)12-7-5-11(6-8-12)23-16-10-9-15(22)17-18(16)20(25)14-4-2-1-3-13(14)19(17)24/h1-10,23H,22H2. The van der Waals surface area contributed by atoms with Crippen LogP contribution in [-0.4, -0.2) is 20.0 Å². The summed E-state index contributed by atoms with van der Waals surface area (Å²) >= 11 is 0. The van der Waals surface area contributed by atoms with E-state index in [9.17, 15) is 21.9 Å². The van der Waals surface area contributed by atoms with Crippen molar-refractivity contribution in [2.24, 2.45) is 0 Å². The molecule has 0 saturated heterocycles. The maximum absolute atomic E-state index is 13.0. The molecule has 0 bridgehead atoms. The predicted octanol–water partition coefficient (Wildman–Crippen LogP) is 3.45. The molecule has 0 amide bonds. The number of hydrogen-bond acceptors (Lipinski definition) is 6. The van der Waals surface area contributed by atoms with Crippen LogP contribution in [0.25, 0.3) is 0 Å². The Bertz CT molecular complexity index is 1250. The van der Waals surface area contributed by atoms with Crippen LogP contribution in [0.3, 0.4) is 0 Å². The molecule has 0 saturated carbocycles. The van der Waals surface area contributed by atoms with Crippen LogP contribution in [0, 0.1) is 0 Å². The number of halogens is 1. The van der Waals surface area contributed by atoms with E-state index in [1.165, 1.54) is 18.2 Å². The number of benzene rings is 3. The maximum atomic E-state index is 13.0. The first-order valence-electron chi connectivity index (χ1n) is 8.20. The van der Waals surface area contributed by atoms with E-state index in [1.807, 2.05) is 0 Å². The second-order valence-corrected chi connectivity index (χ2v) is 7.59. The van der Waals surface area contributed by atoms with E-state index in [-0.39, 0.29) is 33.9 Å². The molecule has 6 nitrogen and oxygen atoms in total. The van der Waals surface area contributed by atoms with Crippen LogP contribution < -0.4 is 11.1 Å². The zero-order valence-corrected chi connectivity index (χ0v) is 15.1. The minimum atomic E-state index is -4.81. The molecule has 0 radical (unpaired) electrons. The Morgan fingerprint density at radius 1 is 0.786 bits per heavy atom. The lowest BCUT2D eigenvalue weighted by Gasteiger charge is -2.22. The van der Waals surface area contributed by atoms with Crippen molar-refractivity contribution in [1.82, 2.24) is 0 Å². The van der Waals surface area contributed by atoms with Gasteiger partial charge in [-0.2, -0.15) is 8.42 Å². The highest BCUT2D eigenvalue weighted by Gasteiger charge is 2.33. The van der Waals surface area contributed by atoms with Crippen molar-refractivity contribution in [3.05, 3.63) is 82.9 Å². The molecule has 3 aromatic carbocycles. The van der Waals surface area contributed by atoms with Gasteiger partial charge in [0, 0.05) is 22.5 Å². The van der Waals surface area contributed by atoms with Gasteiger partial charge < -0.3 is 11.1 Å². The van der Waals surface area contributed by atoms with Gasteiger partial charge in [0.05, 0.1) is 21.7 Å². The average Bonchev–Trinajstić information content (AvgIpc) is 2.67. The van der Waals surface area contributed by atoms with Crippen LogP contribution in [0.1, 0.15) is 31.8 Å². The Balaban J connectivity index is 1.81. The number of fused-ring (bicyclic) bond motifs is 2. The summed E-state index contributed by atoms with van der Waals surface area (Å²) in [6.45, 7) is 0. The van der Waals surface area contributed by atoms with E-state index < -0.39 is 15.1 Å². The van der Waals surface area contributed by atoms with Crippen LogP contribution in [0.5, 0.6) is 0 Å². The highest BCUT2D eigenvalue weighted by atomic mass is 32.3. The number of rotatable bonds is 3. The molecule has 3 N–H and O–H groups in total. The summed E-state index contributed by atoms with van der Waals surface area (Å²) in [7, 11) is -4.81. The van der Waals surface area contributed by atoms with E-state index in [0.717, 1.165) is 12.1 Å². The molecule has 4 rings (SSSR count). The zero-order valence-electron chi connectivity index (χ0n) is 14.3. The maximum Gasteiger partial charge on any atom is 0.332 e. The lowest BCUT2D eigenvalue weighted by Crippen LogP contribution is -2.23. The summed E-state index contributed by atoms with van der Waals surface area (Å²) in [4.78, 5) is 25.4. The Morgan fingerprint density at radius 3 is 1.93 bits per heavy atom. The van der Waals surface area contributed by atoms with E-state index in [2.05, 4.69) is 5.32 Å². The van der Waals surface area contributed by atoms with Gasteiger partial charge >= 0.3 is 10.2 Å². The molecule has 1 aliphatic carbocycles. The lowest BCUT2D eigenvalue weighted by molar-refractivity contribution is 0.0980. The van der Waals surface area contributed by atoms with Crippen molar-refractivity contribution in [3.8, 4) is 0 Å². The highest BCUT2D eigenvalue weighted by Crippen LogP contribution is 2.36. The predicted molar refractivity (Wildman–Crippen MR) is 102 cm³/mol. The summed E-state index contributed by atoms with van der Waals surface area (Å²) in [6, 6.07) is 14.5. The second-order valence-electron chi connectivity index (χ2n) is 6.24. The average molecular weight is 396 g/mol. The Morgan fingerprint density at radius 2 is 1.36 bits per heavy atom. The molecular weight excluding hydrogens is 383 g/mol. The van der Waals surface area contributed by atoms with Crippen molar-refractivity contribution in [2.75, 3.05) is 11.1 Å². The van der Waals surface area contributed by atoms with E-state index in [4.69, 9.17) is 5.73 Å². The van der Waals surface area contributed by atoms with Crippen molar-refractivity contribution in [1.29, 1.82) is 0 Å². The Kier molecular flexibility index (Phi) is 4.01. The number of anilines is 3. The zero-order chi connectivity index (χ0) is 20.1. The van der Waals surface area contributed by atoms with Crippen molar-refractivity contribution in [3.63, 3.8) is 0 Å². The third-order valence-corrected chi connectivity index (χ3v) is 5.36. The van der Waals surface area contributed by atoms with Crippen LogP contribution in [-0.2, 0) is 10.2 Å². The fraction of sp³-hybridized carbons (Fsp3) is 0. The number of carbonyl (C=O) groups excluding carboxylic acids is 2. The van der Waals surface area contributed by atoms with Crippen LogP contribution in [0.4, 0.5) is 20.9 Å². The Labute approximate surface area is 160 Å². The molecular formula is C20H13FN2O4S. The van der Waals surface area contributed by atoms with Gasteiger partial charge in [0.25, 0.3) is 0 Å². The third-order valence-electron chi connectivity index (χ3n) is 4.52. The normalized spacial score (nSPS) is 13.0. The van der Waals surface area contributed by atoms with Gasteiger partial charge in [0.15, 0.2) is 11.6 Å². The minimum Gasteiger partial charge on any atom is -0.398 e. The number of hydrogen-bond donors (Lipinski definition) is 2. The van der Waals surface area contributed by atoms with Crippen molar-refractivity contribution >= 4 is 38.9 Å². The SMILES string of the molecule is Nc1ccc(Nc2ccc(S(=O)(=O)F)cc2)c2c1C(=O)c1ccccc1C2=O. The minimum absolute atomic E-state index is 0.122. The van der Waals surface area contributed by atoms with E-state index in [1.54, 1.807) is 30.3 Å². The fourth-order valence-corrected chi connectivity index (χ4v) is 3.67. The molecule has 3 aromatic rings. The molecule has 1 aliphatic rings. The van der Waals surface area contributed by atoms with Gasteiger partial charge in [-0.15, -0.1) is 3.89 Å². The highest BCUT2D eigenvalue weighted by molar-refractivity contribution is 7.86. The number of nitrogen functional groups attached to an aromatic ring is 1. The first-order valence-corrected chi connectivity index (χ1v) is 9.58. The quantitative estimate of drug-likeness (QED) is 0.406. The summed E-state index contributed by atoms with van der Waals surface area (Å²) < 4.78 is 34.9. The fourth-order valence-electron chi connectivity index (χ4n) is 3.21. The first kappa shape index (κ1) is 17.9. The van der Waals surface area contributed by atoms with Crippen molar-refractivity contribution < 1.29 is 21.9 Å². The summed E-state index contributed by atoms with van der Waals surface area (Å²) in [5, 5.41) is 2.97. The molecule has 0 aliphatic heterocycles. The largest absolute Gasteiger partial charge is 0.398 e. The van der Waals surface area contributed by atoms with Gasteiger partial charge in [-0.05, 0) is 36.4 Å². The first-order chi connectivity index (χ1) is 13.3. The molecule has 0 unspecified atom stereocenters. The topological polar surface area (TPSA) is 106 Å². The summed E-state index contributed by atoms with van der Waals surface area (Å²) in [5.41, 5.74) is 7.76. The molecule has 0 heterocycles. The van der Waals surface area contributed by atoms with Gasteiger partial charge in [-0.25, -0.2) is 0 Å². The number of carbonyl (C=O) groups is 2. The van der Waals surface area contributed by atoms with Gasteiger partial charge in [0.1, 0.15) is 0 Å². The Hall–Kier alpha value is -3.52. The van der Waals surface area contributed by atoms with Gasteiger partial charge in [-0.1, -0.05) is 24.3 Å². The molecule has 0 atom stereocenters. The molecule has 8 heteroatoms. The van der Waals surface area contributed by atoms with Crippen molar-refractivity contribution in [2.45, 2.75) is 4.90 Å². The molecule has 0 spiro atoms. The summed E-state index contributed by atoms with van der Waals surface area (Å²) in [5.74, 6) is -0.687. The number of nitrogens with one attached hydrogen (secondary N) is 1. The van der Waals surface area contributed by atoms with E-state index >= 15 is 0 Å². The molecule has 140 valence electrons. The third kappa shape index (κ3) is 2.84. The number of nitrogens with two attached hydrogens (primary N) is 1. The van der Waals surface area contributed by atoms with Gasteiger partial charge in [0.2, 0.25) is 0 Å². The van der Waals surface area contributed by atoms with Gasteiger partial charge in [-0.3, -0.25) is 9.59 Å². The van der Waals surface area contributed by atoms with Crippen LogP contribution in [0.2, 0.25) is 0 Å². The van der Waals surface area contributed by atoms with Crippen LogP contribution in [0.15, 0.2) is 65.6 Å². The lowest BCUT2D eigenvalue weighted by atomic mass is 9.82. The molecule has 0 aromatic heterocycles. The number of ketones is 2. The smallest absolute Gasteiger partial charge is 0.332 e. The molecule has 28 heavy (non-hydrogen) atoms. The van der Waals surface area contributed by atoms with E-state index in [0.29, 0.717) is 16.9 Å². The monoisotopic (exact) mass is 396 g/mol. The molecule has 0 fully saturated rings. The second kappa shape index (κ2) is 6.28. The summed E-state index contributed by atoms with van der Waals surface area (Å²) in [6.07, 6.45) is 0.